The van der Waals surface area contributed by atoms with Gasteiger partial charge in [-0.15, -0.1) is 5.10 Å². The van der Waals surface area contributed by atoms with Gasteiger partial charge in [-0.05, 0) is 34.9 Å². The molecule has 1 aliphatic heterocycles. The van der Waals surface area contributed by atoms with E-state index in [0.717, 1.165) is 27.9 Å². The third-order valence-corrected chi connectivity index (χ3v) is 5.67. The Bertz CT molecular complexity index is 1270. The number of aromatic nitrogens is 3. The molecule has 0 aliphatic carbocycles. The van der Waals surface area contributed by atoms with E-state index in [1.807, 2.05) is 67.7 Å². The molecule has 0 radical (unpaired) electrons. The molecule has 3 aromatic carbocycles. The van der Waals surface area contributed by atoms with E-state index in [2.05, 4.69) is 15.6 Å². The first kappa shape index (κ1) is 19.1. The molecule has 4 aromatic rings. The van der Waals surface area contributed by atoms with Crippen LogP contribution in [-0.4, -0.2) is 28.0 Å². The number of hydrogen-bond acceptors (Lipinski definition) is 5. The van der Waals surface area contributed by atoms with Gasteiger partial charge in [-0.3, -0.25) is 4.79 Å². The predicted octanol–water partition coefficient (Wildman–Crippen LogP) is 4.03. The molecule has 2 heterocycles. The first-order valence-electron chi connectivity index (χ1n) is 10.1. The van der Waals surface area contributed by atoms with E-state index in [-0.39, 0.29) is 11.8 Å². The zero-order valence-electron chi connectivity index (χ0n) is 17.3. The summed E-state index contributed by atoms with van der Waals surface area (Å²) in [5.41, 5.74) is 5.40. The van der Waals surface area contributed by atoms with E-state index in [9.17, 15) is 4.79 Å². The summed E-state index contributed by atoms with van der Waals surface area (Å²) < 4.78 is 13.3. The maximum Gasteiger partial charge on any atom is 0.225 e. The smallest absolute Gasteiger partial charge is 0.225 e. The minimum absolute atomic E-state index is 0.0426. The molecule has 0 bridgehead atoms. The monoisotopic (exact) mass is 414 g/mol. The van der Waals surface area contributed by atoms with Crippen molar-refractivity contribution in [2.75, 3.05) is 12.4 Å². The maximum atomic E-state index is 12.5. The lowest BCUT2D eigenvalue weighted by molar-refractivity contribution is -0.116. The van der Waals surface area contributed by atoms with Crippen molar-refractivity contribution in [3.05, 3.63) is 77.4 Å². The van der Waals surface area contributed by atoms with Gasteiger partial charge in [-0.1, -0.05) is 47.7 Å². The predicted molar refractivity (Wildman–Crippen MR) is 117 cm³/mol. The van der Waals surface area contributed by atoms with Gasteiger partial charge < -0.3 is 14.8 Å². The summed E-state index contributed by atoms with van der Waals surface area (Å²) in [4.78, 5) is 12.5. The molecule has 1 atom stereocenters. The number of fused-ring (bicyclic) bond motifs is 3. The Balaban J connectivity index is 1.49. The van der Waals surface area contributed by atoms with Crippen molar-refractivity contribution in [1.82, 2.24) is 15.0 Å². The zero-order chi connectivity index (χ0) is 21.4. The third kappa shape index (κ3) is 3.48. The highest BCUT2D eigenvalue weighted by Gasteiger charge is 2.29. The van der Waals surface area contributed by atoms with Gasteiger partial charge in [0.25, 0.3) is 0 Å². The second kappa shape index (κ2) is 7.75. The van der Waals surface area contributed by atoms with Crippen LogP contribution in [0.1, 0.15) is 29.0 Å². The van der Waals surface area contributed by atoms with Crippen molar-refractivity contribution in [2.24, 2.45) is 7.05 Å². The summed E-state index contributed by atoms with van der Waals surface area (Å²) in [5.74, 6) is 1.16. The first-order valence-corrected chi connectivity index (χ1v) is 10.1. The van der Waals surface area contributed by atoms with Crippen LogP contribution in [0.4, 0.5) is 5.69 Å². The molecule has 156 valence electrons. The number of anilines is 1. The third-order valence-electron chi connectivity index (χ3n) is 5.67. The Morgan fingerprint density at radius 1 is 1.10 bits per heavy atom. The fraction of sp³-hybridized carbons (Fsp3) is 0.208. The first-order chi connectivity index (χ1) is 15.1. The largest absolute Gasteiger partial charge is 0.493 e. The summed E-state index contributed by atoms with van der Waals surface area (Å²) in [5, 5.41) is 11.3. The lowest BCUT2D eigenvalue weighted by Crippen LogP contribution is -2.23. The average Bonchev–Trinajstić information content (AvgIpc) is 3.19. The molecule has 7 nitrogen and oxygen atoms in total. The molecule has 1 amide bonds. The normalized spacial score (nSPS) is 15.4. The molecule has 0 spiro atoms. The SMILES string of the molecule is COc1cc(C2CC(=O)Nc3c2ccc2c3nnn2C)ccc1OCc1ccccc1. The summed E-state index contributed by atoms with van der Waals surface area (Å²) >= 11 is 0. The van der Waals surface area contributed by atoms with E-state index < -0.39 is 0 Å². The quantitative estimate of drug-likeness (QED) is 0.533. The Kier molecular flexibility index (Phi) is 4.78. The summed E-state index contributed by atoms with van der Waals surface area (Å²) in [6.45, 7) is 0.454. The zero-order valence-corrected chi connectivity index (χ0v) is 17.3. The van der Waals surface area contributed by atoms with Crippen LogP contribution in [0.25, 0.3) is 11.0 Å². The van der Waals surface area contributed by atoms with Crippen molar-refractivity contribution in [3.8, 4) is 11.5 Å². The maximum absolute atomic E-state index is 12.5. The standard InChI is InChI=1S/C24H22N4O3/c1-28-19-10-9-17-18(13-22(29)25-23(17)24(19)26-27-28)16-8-11-20(21(12-16)30-2)31-14-15-6-4-3-5-7-15/h3-12,18H,13-14H2,1-2H3,(H,25,29). The minimum Gasteiger partial charge on any atom is -0.493 e. The number of carbonyl (C=O) groups excluding carboxylic acids is 1. The number of hydrogen-bond donors (Lipinski definition) is 1. The van der Waals surface area contributed by atoms with Crippen molar-refractivity contribution < 1.29 is 14.3 Å². The van der Waals surface area contributed by atoms with Gasteiger partial charge in [0, 0.05) is 19.4 Å². The summed E-state index contributed by atoms with van der Waals surface area (Å²) in [6, 6.07) is 19.9. The Hall–Kier alpha value is -3.87. The number of aryl methyl sites for hydroxylation is 1. The molecule has 0 saturated carbocycles. The second-order valence-electron chi connectivity index (χ2n) is 7.60. The number of amides is 1. The van der Waals surface area contributed by atoms with Crippen LogP contribution in [-0.2, 0) is 18.4 Å². The summed E-state index contributed by atoms with van der Waals surface area (Å²) in [6.07, 6.45) is 0.353. The highest BCUT2D eigenvalue weighted by atomic mass is 16.5. The fourth-order valence-corrected chi connectivity index (χ4v) is 4.08. The van der Waals surface area contributed by atoms with Gasteiger partial charge in [0.15, 0.2) is 11.5 Å². The van der Waals surface area contributed by atoms with Crippen LogP contribution in [0.2, 0.25) is 0 Å². The molecule has 7 heteroatoms. The van der Waals surface area contributed by atoms with Crippen LogP contribution in [0, 0.1) is 0 Å². The Morgan fingerprint density at radius 3 is 2.74 bits per heavy atom. The van der Waals surface area contributed by atoms with E-state index in [1.54, 1.807) is 11.8 Å². The topological polar surface area (TPSA) is 78.3 Å². The van der Waals surface area contributed by atoms with E-state index in [0.29, 0.717) is 30.0 Å². The van der Waals surface area contributed by atoms with Gasteiger partial charge in [0.05, 0.1) is 18.3 Å². The van der Waals surface area contributed by atoms with Crippen LogP contribution in [0.15, 0.2) is 60.7 Å². The molecule has 1 aromatic heterocycles. The molecule has 1 unspecified atom stereocenters. The van der Waals surface area contributed by atoms with Gasteiger partial charge in [0.1, 0.15) is 12.1 Å². The van der Waals surface area contributed by atoms with Crippen molar-refractivity contribution in [3.63, 3.8) is 0 Å². The van der Waals surface area contributed by atoms with Crippen LogP contribution >= 0.6 is 0 Å². The van der Waals surface area contributed by atoms with E-state index in [4.69, 9.17) is 9.47 Å². The lowest BCUT2D eigenvalue weighted by atomic mass is 9.84. The van der Waals surface area contributed by atoms with E-state index >= 15 is 0 Å². The average molecular weight is 414 g/mol. The molecular formula is C24H22N4O3. The highest BCUT2D eigenvalue weighted by Crippen LogP contribution is 2.42. The second-order valence-corrected chi connectivity index (χ2v) is 7.60. The molecule has 0 fully saturated rings. The molecular weight excluding hydrogens is 392 g/mol. The number of rotatable bonds is 5. The van der Waals surface area contributed by atoms with Gasteiger partial charge in [-0.25, -0.2) is 4.68 Å². The molecule has 5 rings (SSSR count). The highest BCUT2D eigenvalue weighted by molar-refractivity contribution is 6.03. The molecule has 1 aliphatic rings. The Labute approximate surface area is 179 Å². The number of benzene rings is 3. The van der Waals surface area contributed by atoms with Crippen molar-refractivity contribution in [1.29, 1.82) is 0 Å². The lowest BCUT2D eigenvalue weighted by Gasteiger charge is -2.26. The number of nitrogens with zero attached hydrogens (tertiary/aromatic N) is 3. The number of nitrogens with one attached hydrogen (secondary N) is 1. The molecule has 31 heavy (non-hydrogen) atoms. The van der Waals surface area contributed by atoms with Gasteiger partial charge >= 0.3 is 0 Å². The fourth-order valence-electron chi connectivity index (χ4n) is 4.08. The van der Waals surface area contributed by atoms with Crippen molar-refractivity contribution >= 4 is 22.6 Å². The number of ether oxygens (including phenoxy) is 2. The van der Waals surface area contributed by atoms with Crippen molar-refractivity contribution in [2.45, 2.75) is 18.9 Å². The van der Waals surface area contributed by atoms with Gasteiger partial charge in [0.2, 0.25) is 5.91 Å². The van der Waals surface area contributed by atoms with Crippen LogP contribution in [0.3, 0.4) is 0 Å². The van der Waals surface area contributed by atoms with Gasteiger partial charge in [-0.2, -0.15) is 0 Å². The molecule has 1 N–H and O–H groups in total. The van der Waals surface area contributed by atoms with Crippen LogP contribution in [0.5, 0.6) is 11.5 Å². The summed E-state index contributed by atoms with van der Waals surface area (Å²) in [7, 11) is 3.46. The van der Waals surface area contributed by atoms with Crippen LogP contribution < -0.4 is 14.8 Å². The number of methoxy groups -OCH3 is 1. The van der Waals surface area contributed by atoms with E-state index in [1.165, 1.54) is 0 Å². The molecule has 0 saturated heterocycles. The number of carbonyl (C=O) groups is 1. The Morgan fingerprint density at radius 2 is 1.94 bits per heavy atom. The minimum atomic E-state index is -0.104.